The first-order chi connectivity index (χ1) is 34.2. The molecule has 0 saturated carbocycles. The number of ether oxygens (including phenoxy) is 12. The van der Waals surface area contributed by atoms with Crippen LogP contribution in [-0.2, 0) is 94.4 Å². The van der Waals surface area contributed by atoms with E-state index in [9.17, 15) is 88.3 Å². The van der Waals surface area contributed by atoms with Crippen molar-refractivity contribution < 1.29 is 162 Å². The zero-order valence-corrected chi connectivity index (χ0v) is 38.4. The first kappa shape index (κ1) is 55.5. The maximum absolute atomic E-state index is 14.5. The van der Waals surface area contributed by atoms with E-state index in [0.717, 1.165) is 0 Å². The van der Waals surface area contributed by atoms with Crippen molar-refractivity contribution in [2.75, 3.05) is 39.6 Å². The molecule has 12 bridgehead atoms. The number of aliphatic hydroxyl groups is 14. The molecule has 0 unspecified atom stereocenters. The summed E-state index contributed by atoms with van der Waals surface area (Å²) >= 11 is 0. The predicted octanol–water partition coefficient (Wildman–Crippen LogP) is -12.4. The van der Waals surface area contributed by atoms with Gasteiger partial charge in [-0.25, -0.2) is 16.7 Å². The van der Waals surface area contributed by atoms with E-state index in [1.807, 2.05) is 0 Å². The summed E-state index contributed by atoms with van der Waals surface area (Å²) in [6.07, 6.45) is -66.2. The second-order valence-corrected chi connectivity index (χ2v) is 20.3. The van der Waals surface area contributed by atoms with Gasteiger partial charge in [-0.1, -0.05) is 0 Å². The van der Waals surface area contributed by atoms with Crippen molar-refractivity contribution in [1.29, 1.82) is 0 Å². The van der Waals surface area contributed by atoms with Crippen LogP contribution < -0.4 is 0 Å². The lowest BCUT2D eigenvalue weighted by molar-refractivity contribution is -0.398. The minimum absolute atomic E-state index is 1.09. The van der Waals surface area contributed by atoms with Crippen LogP contribution in [0.1, 0.15) is 0 Å². The zero-order chi connectivity index (χ0) is 51.9. The van der Waals surface area contributed by atoms with Gasteiger partial charge in [0.05, 0.1) is 39.6 Å². The lowest BCUT2D eigenvalue weighted by Gasteiger charge is -2.50. The Kier molecular flexibility index (Phi) is 16.8. The summed E-state index contributed by atoms with van der Waals surface area (Å²) in [6, 6.07) is 0. The summed E-state index contributed by atoms with van der Waals surface area (Å²) in [6.45, 7) is -6.99. The van der Waals surface area contributed by atoms with Crippen molar-refractivity contribution in [3.63, 3.8) is 0 Å². The van der Waals surface area contributed by atoms with Gasteiger partial charge >= 0.3 is 20.8 Å². The Morgan fingerprint density at radius 1 is 0.236 bits per heavy atom. The van der Waals surface area contributed by atoms with Crippen LogP contribution in [0.5, 0.6) is 0 Å². The van der Waals surface area contributed by atoms with E-state index < -0.39 is 245 Å². The molecule has 11 aliphatic heterocycles. The fourth-order valence-electron chi connectivity index (χ4n) is 9.89. The molecule has 11 aliphatic rings. The van der Waals surface area contributed by atoms with Gasteiger partial charge in [-0.2, -0.15) is 16.8 Å². The van der Waals surface area contributed by atoms with Crippen molar-refractivity contribution in [1.82, 2.24) is 0 Å². The Balaban J connectivity index is 1.21. The van der Waals surface area contributed by atoms with E-state index in [4.69, 9.17) is 73.6 Å². The second-order valence-electron chi connectivity index (χ2n) is 17.9. The van der Waals surface area contributed by atoms with Crippen molar-refractivity contribution in [2.24, 2.45) is 0 Å². The third-order valence-electron chi connectivity index (χ3n) is 13.5. The molecule has 0 aromatic heterocycles. The molecule has 11 heterocycles. The number of rotatable bonds is 6. The van der Waals surface area contributed by atoms with Gasteiger partial charge in [0.2, 0.25) is 0 Å². The normalized spacial score (nSPS) is 54.7. The molecule has 72 heavy (non-hydrogen) atoms. The molecule has 0 amide bonds. The average molecular weight is 1100 g/mol. The minimum atomic E-state index is -5.96. The maximum Gasteiger partial charge on any atom is 0.400 e. The van der Waals surface area contributed by atoms with Gasteiger partial charge in [-0.3, -0.25) is 0 Å². The van der Waals surface area contributed by atoms with Crippen LogP contribution in [0.4, 0.5) is 0 Å². The average Bonchev–Trinajstić information content (AvgIpc) is 3.36. The van der Waals surface area contributed by atoms with Gasteiger partial charge < -0.3 is 128 Å². The van der Waals surface area contributed by atoms with Gasteiger partial charge in [0, 0.05) is 0 Å². The van der Waals surface area contributed by atoms with Crippen LogP contribution in [0, 0.1) is 0 Å². The van der Waals surface area contributed by atoms with Crippen molar-refractivity contribution in [3.05, 3.63) is 0 Å². The maximum atomic E-state index is 14.5. The summed E-state index contributed by atoms with van der Waals surface area (Å²) in [5, 5.41) is 156. The van der Waals surface area contributed by atoms with Crippen LogP contribution in [0.2, 0.25) is 0 Å². The monoisotopic (exact) mass is 1100 g/mol. The van der Waals surface area contributed by atoms with E-state index in [0.29, 0.717) is 0 Å². The first-order valence-corrected chi connectivity index (χ1v) is 25.0. The van der Waals surface area contributed by atoms with E-state index in [1.165, 1.54) is 0 Å². The van der Waals surface area contributed by atoms with Crippen molar-refractivity contribution >= 4 is 20.8 Å². The fourth-order valence-corrected chi connectivity index (χ4v) is 12.0. The lowest BCUT2D eigenvalue weighted by atomic mass is 9.94. The third kappa shape index (κ3) is 10.3. The molecule has 34 nitrogen and oxygen atoms in total. The molecule has 0 aromatic carbocycles. The van der Waals surface area contributed by atoms with Crippen molar-refractivity contribution in [3.8, 4) is 0 Å². The molecule has 0 spiro atoms. The second kappa shape index (κ2) is 21.9. The number of aliphatic hydroxyl groups excluding tert-OH is 14. The predicted molar refractivity (Wildman–Crippen MR) is 209 cm³/mol. The Labute approximate surface area is 405 Å². The molecule has 11 saturated heterocycles. The number of hydrogen-bond acceptors (Lipinski definition) is 34. The zero-order valence-electron chi connectivity index (χ0n) is 36.8. The fraction of sp³-hybridized carbons (Fsp3) is 1.00. The highest BCUT2D eigenvalue weighted by atomic mass is 32.3. The third-order valence-corrected chi connectivity index (χ3v) is 15.3. The van der Waals surface area contributed by atoms with Crippen molar-refractivity contribution in [2.45, 2.75) is 184 Å². The summed E-state index contributed by atoms with van der Waals surface area (Å²) in [5.41, 5.74) is 0. The summed E-state index contributed by atoms with van der Waals surface area (Å²) in [5.74, 6) is 0. The first-order valence-electron chi connectivity index (χ1n) is 22.3. The standard InChI is InChI=1S/C36H56O34S2/c37-1-7-21-14(44)16(46)32(56-7)63-23-9(3-39)58-34-18(48)28(23)68-71(51,52)67-27-17(47)33(62-22-8(2-38)55-31(61-21)15(45)13(22)43)57-10(4-40)24(27)64-35-19(49)29-26(12(6-42)59-35)66-36-20(50)30(70-72(53,54)69-29)25(65-34)11(5-41)60-36/h7-50H,1-6H2/t7-,8-,9-,10-,11-,12-,13-,14-,15-,16-,17-,18-,19-,20-,21-,22-,23+,24+,25+,26+,27-,28-,29-,30-,31-,32-,33-,34-,35-,36-/m1/s1. The van der Waals surface area contributed by atoms with Gasteiger partial charge in [-0.15, -0.1) is 0 Å². The summed E-state index contributed by atoms with van der Waals surface area (Å²) in [7, 11) is -11.5. The van der Waals surface area contributed by atoms with E-state index >= 15 is 0 Å². The van der Waals surface area contributed by atoms with Gasteiger partial charge in [0.15, 0.2) is 37.7 Å². The molecule has 416 valence electrons. The SMILES string of the molecule is O=S1(=O)O[C@@H]2[C@@H](O)[C@H]3O[C@@H]4[C@@H]5OS(=O)(=O)O[C@@H]6[C@@H](O)[C@@H](O[C@@H]7[C@H](O1)[C@@H](O)[C@@H](O[C@H]1[C@H](O)[C@@H](O)[C@@H](O[C@H]8[C@H](O)[C@@H](O)[C@@H](O[C@H]2[C@@H](CO)O3)O[C@@H]8CO)O[C@@H]1CO)O[C@@H]7CO)O[C@H](CO)[C@@H]6O[C@@H](O[C@@H]4CO)[C@@H]5O. The van der Waals surface area contributed by atoms with Crippen LogP contribution >= 0.6 is 0 Å². The number of hydrogen-bond donors (Lipinski definition) is 14. The molecule has 0 radical (unpaired) electrons. The van der Waals surface area contributed by atoms with E-state index in [-0.39, 0.29) is 0 Å². The molecule has 36 heteroatoms. The Hall–Kier alpha value is -1.30. The minimum Gasteiger partial charge on any atom is -0.394 e. The van der Waals surface area contributed by atoms with Crippen LogP contribution in [0.3, 0.4) is 0 Å². The molecule has 14 N–H and O–H groups in total. The lowest BCUT2D eigenvalue weighted by Crippen LogP contribution is -2.68. The Bertz CT molecular complexity index is 2050. The highest BCUT2D eigenvalue weighted by molar-refractivity contribution is 7.82. The molecular weight excluding hydrogens is 1040 g/mol. The largest absolute Gasteiger partial charge is 0.400 e. The van der Waals surface area contributed by atoms with Crippen LogP contribution in [0.15, 0.2) is 0 Å². The molecule has 11 fully saturated rings. The number of fused-ring (bicyclic) bond motifs is 7. The smallest absolute Gasteiger partial charge is 0.394 e. The summed E-state index contributed by atoms with van der Waals surface area (Å²) in [4.78, 5) is 0. The molecule has 30 atom stereocenters. The van der Waals surface area contributed by atoms with Gasteiger partial charge in [0.25, 0.3) is 0 Å². The Morgan fingerprint density at radius 3 is 0.625 bits per heavy atom. The molecular formula is C36H56O34S2. The topological polar surface area (TPSA) is 499 Å². The van der Waals surface area contributed by atoms with Crippen LogP contribution in [-0.4, -0.2) is 312 Å². The molecule has 0 aliphatic carbocycles. The Morgan fingerprint density at radius 2 is 0.417 bits per heavy atom. The highest BCUT2D eigenvalue weighted by Gasteiger charge is 2.62. The van der Waals surface area contributed by atoms with Gasteiger partial charge in [-0.05, 0) is 0 Å². The van der Waals surface area contributed by atoms with Gasteiger partial charge in [0.1, 0.15) is 146 Å². The molecule has 0 aromatic rings. The quantitative estimate of drug-likeness (QED) is 0.117. The van der Waals surface area contributed by atoms with E-state index in [1.54, 1.807) is 0 Å². The van der Waals surface area contributed by atoms with Crippen LogP contribution in [0.25, 0.3) is 0 Å². The van der Waals surface area contributed by atoms with E-state index in [2.05, 4.69) is 0 Å². The summed E-state index contributed by atoms with van der Waals surface area (Å²) < 4.78 is 147. The highest BCUT2D eigenvalue weighted by Crippen LogP contribution is 2.42. The molecule has 11 rings (SSSR count).